The number of furan rings is 1. The number of rotatable bonds is 8. The van der Waals surface area contributed by atoms with Gasteiger partial charge in [0.1, 0.15) is 11.3 Å². The van der Waals surface area contributed by atoms with Crippen LogP contribution in [0, 0.1) is 34.6 Å². The molecular formula is C79H69BN4OS. The fraction of sp³-hybridized carbons (Fsp3) is 0.165. The van der Waals surface area contributed by atoms with Crippen molar-refractivity contribution in [1.29, 1.82) is 0 Å². The topological polar surface area (TPSA) is 27.8 Å². The van der Waals surface area contributed by atoms with Crippen LogP contribution in [0.3, 0.4) is 0 Å². The van der Waals surface area contributed by atoms with Gasteiger partial charge >= 0.3 is 0 Å². The molecule has 0 atom stereocenters. The largest absolute Gasteiger partial charge is 0.456 e. The predicted molar refractivity (Wildman–Crippen MR) is 369 cm³/mol. The Hall–Kier alpha value is -9.30. The maximum absolute atomic E-state index is 6.60. The molecule has 0 N–H and O–H groups in total. The Bertz CT molecular complexity index is 4660. The molecule has 2 aliphatic heterocycles. The second kappa shape index (κ2) is 19.9. The Balaban J connectivity index is 1.04. The highest BCUT2D eigenvalue weighted by molar-refractivity contribution is 7.22. The Morgan fingerprint density at radius 2 is 1.07 bits per heavy atom. The van der Waals surface area contributed by atoms with Crippen molar-refractivity contribution in [2.45, 2.75) is 87.0 Å². The van der Waals surface area contributed by atoms with Gasteiger partial charge in [0.2, 0.25) is 0 Å². The molecule has 7 heteroatoms. The molecule has 0 aliphatic carbocycles. The molecule has 0 radical (unpaired) electrons. The first-order chi connectivity index (χ1) is 41.5. The Morgan fingerprint density at radius 1 is 0.453 bits per heavy atom. The lowest BCUT2D eigenvalue weighted by Gasteiger charge is -2.45. The highest BCUT2D eigenvalue weighted by Crippen LogP contribution is 2.52. The van der Waals surface area contributed by atoms with Crippen LogP contribution in [-0.2, 0) is 10.8 Å². The van der Waals surface area contributed by atoms with Gasteiger partial charge in [-0.15, -0.1) is 11.3 Å². The van der Waals surface area contributed by atoms with Gasteiger partial charge in [0.15, 0.2) is 0 Å². The molecule has 0 fully saturated rings. The molecular weight excluding hydrogens is 1060 g/mol. The number of fused-ring (bicyclic) bond motifs is 8. The molecule has 0 saturated carbocycles. The molecule has 0 amide bonds. The van der Waals surface area contributed by atoms with Gasteiger partial charge in [-0.05, 0) is 203 Å². The number of hydrogen-bond donors (Lipinski definition) is 0. The molecule has 5 nitrogen and oxygen atoms in total. The van der Waals surface area contributed by atoms with Gasteiger partial charge in [-0.1, -0.05) is 163 Å². The lowest BCUT2D eigenvalue weighted by molar-refractivity contribution is 0.589. The summed E-state index contributed by atoms with van der Waals surface area (Å²) in [5.74, 6) is 0.836. The van der Waals surface area contributed by atoms with Crippen LogP contribution in [0.25, 0.3) is 59.4 Å². The molecule has 2 aliphatic rings. The van der Waals surface area contributed by atoms with Crippen LogP contribution in [0.15, 0.2) is 223 Å². The van der Waals surface area contributed by atoms with E-state index in [1.54, 1.807) is 0 Å². The maximum Gasteiger partial charge on any atom is 0.273 e. The number of nitrogens with zero attached hydrogens (tertiary/aromatic N) is 4. The van der Waals surface area contributed by atoms with Crippen LogP contribution in [-0.4, -0.2) is 11.3 Å². The van der Waals surface area contributed by atoms with E-state index in [-0.39, 0.29) is 17.5 Å². The lowest BCUT2D eigenvalue weighted by atomic mass is 9.34. The third-order valence-electron chi connectivity index (χ3n) is 18.1. The number of aryl methyl sites for hydroxylation is 5. The molecule has 5 heterocycles. The average Bonchev–Trinajstić information content (AvgIpc) is 1.30. The van der Waals surface area contributed by atoms with Crippen molar-refractivity contribution in [2.24, 2.45) is 0 Å². The first-order valence-corrected chi connectivity index (χ1v) is 31.1. The van der Waals surface area contributed by atoms with Gasteiger partial charge in [-0.3, -0.25) is 0 Å². The zero-order valence-electron chi connectivity index (χ0n) is 51.0. The van der Waals surface area contributed by atoms with Crippen molar-refractivity contribution in [3.8, 4) is 27.5 Å². The van der Waals surface area contributed by atoms with E-state index in [0.29, 0.717) is 0 Å². The summed E-state index contributed by atoms with van der Waals surface area (Å²) in [7, 11) is 0. The minimum atomic E-state index is -0.183. The monoisotopic (exact) mass is 1130 g/mol. The molecule has 3 aromatic heterocycles. The molecule has 15 rings (SSSR count). The van der Waals surface area contributed by atoms with Gasteiger partial charge in [0.25, 0.3) is 6.71 Å². The van der Waals surface area contributed by atoms with E-state index in [1.165, 1.54) is 115 Å². The SMILES string of the molecule is Cc1cc2c3c(c1)N(c1c(C)cc(C(C)(C)C)cc1C)c1c(n(-c4ccccc4)c4ccc(C(C)(C)C)cc14)B3c1ccc(N(c3cccc(-c4cc5ccccc5o4)c3)c3cccc(-c4cc5ccccc5s4)c3)cc1N2c1c(C)cccc1C. The molecule has 420 valence electrons. The summed E-state index contributed by atoms with van der Waals surface area (Å²) in [6, 6.07) is 81.8. The predicted octanol–water partition coefficient (Wildman–Crippen LogP) is 20.6. The van der Waals surface area contributed by atoms with Gasteiger partial charge in [-0.25, -0.2) is 0 Å². The minimum absolute atomic E-state index is 0.0248. The summed E-state index contributed by atoms with van der Waals surface area (Å²) < 4.78 is 10.5. The second-order valence-electron chi connectivity index (χ2n) is 26.1. The van der Waals surface area contributed by atoms with E-state index in [2.05, 4.69) is 302 Å². The van der Waals surface area contributed by atoms with E-state index < -0.39 is 0 Å². The zero-order valence-corrected chi connectivity index (χ0v) is 51.8. The maximum atomic E-state index is 6.60. The molecule has 0 saturated heterocycles. The number of para-hydroxylation sites is 3. The summed E-state index contributed by atoms with van der Waals surface area (Å²) in [4.78, 5) is 9.01. The molecule has 0 unspecified atom stereocenters. The quantitative estimate of drug-likeness (QED) is 0.142. The average molecular weight is 1130 g/mol. The summed E-state index contributed by atoms with van der Waals surface area (Å²) >= 11 is 1.84. The number of benzene rings is 10. The zero-order chi connectivity index (χ0) is 59.1. The van der Waals surface area contributed by atoms with Gasteiger partial charge < -0.3 is 23.7 Å². The van der Waals surface area contributed by atoms with Crippen LogP contribution >= 0.6 is 11.3 Å². The lowest BCUT2D eigenvalue weighted by Crippen LogP contribution is -2.63. The van der Waals surface area contributed by atoms with Gasteiger partial charge in [-0.2, -0.15) is 0 Å². The first-order valence-electron chi connectivity index (χ1n) is 30.3. The first kappa shape index (κ1) is 53.4. The molecule has 0 bridgehead atoms. The molecule has 86 heavy (non-hydrogen) atoms. The third-order valence-corrected chi connectivity index (χ3v) is 19.3. The van der Waals surface area contributed by atoms with Crippen molar-refractivity contribution in [2.75, 3.05) is 14.7 Å². The van der Waals surface area contributed by atoms with E-state index in [1.807, 2.05) is 23.5 Å². The van der Waals surface area contributed by atoms with E-state index in [0.717, 1.165) is 50.7 Å². The van der Waals surface area contributed by atoms with Crippen molar-refractivity contribution in [3.05, 3.63) is 257 Å². The van der Waals surface area contributed by atoms with Gasteiger partial charge in [0, 0.05) is 71.3 Å². The summed E-state index contributed by atoms with van der Waals surface area (Å²) in [5.41, 5.74) is 28.2. The number of aromatic nitrogens is 1. The third kappa shape index (κ3) is 8.64. The number of anilines is 9. The molecule has 13 aromatic rings. The summed E-state index contributed by atoms with van der Waals surface area (Å²) in [6.07, 6.45) is 0. The Morgan fingerprint density at radius 3 is 1.77 bits per heavy atom. The highest BCUT2D eigenvalue weighted by atomic mass is 32.1. The fourth-order valence-corrected chi connectivity index (χ4v) is 15.1. The van der Waals surface area contributed by atoms with E-state index in [9.17, 15) is 0 Å². The van der Waals surface area contributed by atoms with Crippen molar-refractivity contribution in [3.63, 3.8) is 0 Å². The number of thiophene rings is 1. The van der Waals surface area contributed by atoms with Crippen LogP contribution < -0.4 is 31.2 Å². The summed E-state index contributed by atoms with van der Waals surface area (Å²) in [6.45, 7) is 25.3. The fourth-order valence-electron chi connectivity index (χ4n) is 14.0. The Kier molecular flexibility index (Phi) is 12.4. The van der Waals surface area contributed by atoms with E-state index >= 15 is 0 Å². The van der Waals surface area contributed by atoms with Crippen LogP contribution in [0.4, 0.5) is 51.2 Å². The van der Waals surface area contributed by atoms with Crippen molar-refractivity contribution < 1.29 is 4.42 Å². The van der Waals surface area contributed by atoms with E-state index in [4.69, 9.17) is 4.42 Å². The summed E-state index contributed by atoms with van der Waals surface area (Å²) in [5, 5.41) is 3.58. The van der Waals surface area contributed by atoms with Crippen molar-refractivity contribution in [1.82, 2.24) is 4.57 Å². The smallest absolute Gasteiger partial charge is 0.273 e. The molecule has 10 aromatic carbocycles. The number of hydrogen-bond acceptors (Lipinski definition) is 5. The molecule has 0 spiro atoms. The standard InChI is InChI=1S/C79H69BN4OS/c1-48-38-67-73-68(39-48)84(75-51(4)40-58(41-52(75)5)79(9,10)11)76-63-46-57(78(6,7)8)34-37-65(63)82(59-28-13-12-14-29-59)77(76)80(73)64-36-35-62(47-66(64)83(67)74-49(2)22-19-23-50(74)3)81(60-30-20-26-53(42-60)70-44-54-24-15-17-32-69(54)85-70)61-31-21-27-55(43-61)72-45-56-25-16-18-33-71(56)86-72/h12-47H,1-11H3. The van der Waals surface area contributed by atoms with Crippen molar-refractivity contribution >= 4 is 118 Å². The van der Waals surface area contributed by atoms with Crippen LogP contribution in [0.2, 0.25) is 0 Å². The normalized spacial score (nSPS) is 13.0. The van der Waals surface area contributed by atoms with Crippen LogP contribution in [0.5, 0.6) is 0 Å². The minimum Gasteiger partial charge on any atom is -0.456 e. The Labute approximate surface area is 510 Å². The highest BCUT2D eigenvalue weighted by Gasteiger charge is 2.48. The van der Waals surface area contributed by atoms with Gasteiger partial charge in [0.05, 0.1) is 22.6 Å². The second-order valence-corrected chi connectivity index (χ2v) is 27.2. The van der Waals surface area contributed by atoms with Crippen LogP contribution in [0.1, 0.15) is 80.5 Å².